The van der Waals surface area contributed by atoms with Gasteiger partial charge >= 0.3 is 0 Å². The maximum Gasteiger partial charge on any atom is 0.226 e. The molecule has 1 aliphatic rings. The quantitative estimate of drug-likeness (QED) is 0.689. The second kappa shape index (κ2) is 8.75. The van der Waals surface area contributed by atoms with Crippen LogP contribution in [-0.2, 0) is 11.3 Å². The Hall–Kier alpha value is -2.77. The predicted octanol–water partition coefficient (Wildman–Crippen LogP) is 1.79. The van der Waals surface area contributed by atoms with Crippen LogP contribution < -0.4 is 30.4 Å². The number of carbonyl (C=O) groups is 1. The van der Waals surface area contributed by atoms with Gasteiger partial charge in [0.2, 0.25) is 5.91 Å². The van der Waals surface area contributed by atoms with E-state index in [1.165, 1.54) is 0 Å². The van der Waals surface area contributed by atoms with Gasteiger partial charge in [-0.25, -0.2) is 5.43 Å². The summed E-state index contributed by atoms with van der Waals surface area (Å²) < 4.78 is 15.9. The van der Waals surface area contributed by atoms with Gasteiger partial charge in [0.1, 0.15) is 17.2 Å². The van der Waals surface area contributed by atoms with E-state index in [2.05, 4.69) is 16.2 Å². The van der Waals surface area contributed by atoms with Crippen LogP contribution in [0.4, 0.5) is 0 Å². The van der Waals surface area contributed by atoms with E-state index in [1.807, 2.05) is 36.4 Å². The molecule has 0 spiro atoms. The number of hydrogen-bond donors (Lipinski definition) is 3. The molecule has 7 nitrogen and oxygen atoms in total. The van der Waals surface area contributed by atoms with Crippen LogP contribution in [0.2, 0.25) is 0 Å². The molecule has 1 saturated heterocycles. The Kier molecular flexibility index (Phi) is 6.16. The molecule has 1 heterocycles. The Morgan fingerprint density at radius 1 is 1.07 bits per heavy atom. The minimum Gasteiger partial charge on any atom is -0.497 e. The van der Waals surface area contributed by atoms with Crippen molar-refractivity contribution >= 4 is 5.91 Å². The fourth-order valence-electron chi connectivity index (χ4n) is 3.20. The van der Waals surface area contributed by atoms with E-state index in [-0.39, 0.29) is 17.9 Å². The van der Waals surface area contributed by atoms with Gasteiger partial charge in [-0.15, -0.1) is 0 Å². The molecule has 1 fully saturated rings. The molecule has 3 N–H and O–H groups in total. The molecule has 2 aromatic carbocycles. The van der Waals surface area contributed by atoms with Crippen LogP contribution in [-0.4, -0.2) is 33.8 Å². The van der Waals surface area contributed by atoms with E-state index in [0.717, 1.165) is 16.9 Å². The molecule has 3 rings (SSSR count). The third-order valence-electron chi connectivity index (χ3n) is 4.72. The van der Waals surface area contributed by atoms with Gasteiger partial charge in [-0.1, -0.05) is 12.1 Å². The Morgan fingerprint density at radius 2 is 1.85 bits per heavy atom. The monoisotopic (exact) mass is 371 g/mol. The fraction of sp³-hybridized carbons (Fsp3) is 0.350. The summed E-state index contributed by atoms with van der Waals surface area (Å²) in [6.07, 6.45) is 0. The smallest absolute Gasteiger partial charge is 0.226 e. The molecular weight excluding hydrogens is 346 g/mol. The Morgan fingerprint density at radius 3 is 2.59 bits per heavy atom. The van der Waals surface area contributed by atoms with Crippen LogP contribution in [0.1, 0.15) is 17.2 Å². The van der Waals surface area contributed by atoms with Crippen molar-refractivity contribution < 1.29 is 19.0 Å². The summed E-state index contributed by atoms with van der Waals surface area (Å²) in [5.74, 6) is 1.90. The van der Waals surface area contributed by atoms with E-state index >= 15 is 0 Å². The number of methoxy groups -OCH3 is 3. The lowest BCUT2D eigenvalue weighted by atomic mass is 9.94. The molecular formula is C20H25N3O4. The topological polar surface area (TPSA) is 80.9 Å². The van der Waals surface area contributed by atoms with Crippen molar-refractivity contribution in [3.8, 4) is 17.2 Å². The van der Waals surface area contributed by atoms with Gasteiger partial charge in [0.05, 0.1) is 33.3 Å². The predicted molar refractivity (Wildman–Crippen MR) is 102 cm³/mol. The van der Waals surface area contributed by atoms with Gasteiger partial charge in [-0.05, 0) is 29.8 Å². The Balaban J connectivity index is 1.68. The molecule has 2 atom stereocenters. The summed E-state index contributed by atoms with van der Waals surface area (Å²) >= 11 is 0. The number of nitrogens with one attached hydrogen (secondary N) is 3. The molecule has 0 saturated carbocycles. The minimum atomic E-state index is -0.235. The van der Waals surface area contributed by atoms with E-state index in [0.29, 0.717) is 24.6 Å². The highest BCUT2D eigenvalue weighted by Crippen LogP contribution is 2.28. The van der Waals surface area contributed by atoms with Crippen molar-refractivity contribution in [2.75, 3.05) is 27.9 Å². The van der Waals surface area contributed by atoms with Crippen LogP contribution in [0.15, 0.2) is 42.5 Å². The lowest BCUT2D eigenvalue weighted by Gasteiger charge is -2.19. The van der Waals surface area contributed by atoms with Crippen molar-refractivity contribution in [1.29, 1.82) is 0 Å². The first kappa shape index (κ1) is 19.0. The minimum absolute atomic E-state index is 0.0295. The first-order valence-electron chi connectivity index (χ1n) is 8.77. The number of ether oxygens (including phenoxy) is 3. The first-order valence-corrected chi connectivity index (χ1v) is 8.77. The normalized spacial score (nSPS) is 18.8. The van der Waals surface area contributed by atoms with Crippen LogP contribution >= 0.6 is 0 Å². The second-order valence-corrected chi connectivity index (χ2v) is 6.28. The van der Waals surface area contributed by atoms with Crippen molar-refractivity contribution in [3.63, 3.8) is 0 Å². The number of rotatable bonds is 7. The van der Waals surface area contributed by atoms with Crippen LogP contribution in [0, 0.1) is 5.92 Å². The lowest BCUT2D eigenvalue weighted by Crippen LogP contribution is -2.34. The zero-order chi connectivity index (χ0) is 19.2. The Bertz CT molecular complexity index is 797. The zero-order valence-corrected chi connectivity index (χ0v) is 15.7. The molecule has 2 unspecified atom stereocenters. The molecule has 0 aliphatic carbocycles. The molecule has 1 amide bonds. The van der Waals surface area contributed by atoms with Gasteiger partial charge in [0.25, 0.3) is 0 Å². The molecule has 7 heteroatoms. The van der Waals surface area contributed by atoms with Gasteiger partial charge in [0.15, 0.2) is 0 Å². The molecule has 0 radical (unpaired) electrons. The van der Waals surface area contributed by atoms with Crippen molar-refractivity contribution in [3.05, 3.63) is 53.6 Å². The van der Waals surface area contributed by atoms with E-state index < -0.39 is 0 Å². The largest absolute Gasteiger partial charge is 0.497 e. The second-order valence-electron chi connectivity index (χ2n) is 6.28. The SMILES string of the molecule is COc1cccc(C2NNCC2C(=O)NCc2ccc(OC)cc2OC)c1. The van der Waals surface area contributed by atoms with Crippen LogP contribution in [0.25, 0.3) is 0 Å². The number of benzene rings is 2. The molecule has 2 aromatic rings. The van der Waals surface area contributed by atoms with Crippen LogP contribution in [0.3, 0.4) is 0 Å². The third-order valence-corrected chi connectivity index (χ3v) is 4.72. The summed E-state index contributed by atoms with van der Waals surface area (Å²) in [6.45, 7) is 0.931. The van der Waals surface area contributed by atoms with E-state index in [9.17, 15) is 4.79 Å². The van der Waals surface area contributed by atoms with E-state index in [1.54, 1.807) is 27.4 Å². The van der Waals surface area contributed by atoms with E-state index in [4.69, 9.17) is 14.2 Å². The highest BCUT2D eigenvalue weighted by molar-refractivity contribution is 5.80. The van der Waals surface area contributed by atoms with Crippen molar-refractivity contribution in [2.45, 2.75) is 12.6 Å². The number of hydrazine groups is 1. The zero-order valence-electron chi connectivity index (χ0n) is 15.7. The summed E-state index contributed by atoms with van der Waals surface area (Å²) in [6, 6.07) is 13.2. The van der Waals surface area contributed by atoms with Gasteiger partial charge in [0, 0.05) is 24.7 Å². The van der Waals surface area contributed by atoms with Crippen molar-refractivity contribution in [2.24, 2.45) is 5.92 Å². The summed E-state index contributed by atoms with van der Waals surface area (Å²) in [5.41, 5.74) is 8.16. The number of hydrogen-bond acceptors (Lipinski definition) is 6. The van der Waals surface area contributed by atoms with Gasteiger partial charge in [-0.3, -0.25) is 10.2 Å². The fourth-order valence-corrected chi connectivity index (χ4v) is 3.20. The maximum absolute atomic E-state index is 12.8. The number of carbonyl (C=O) groups excluding carboxylic acids is 1. The summed E-state index contributed by atoms with van der Waals surface area (Å²) in [4.78, 5) is 12.8. The molecule has 144 valence electrons. The van der Waals surface area contributed by atoms with Crippen LogP contribution in [0.5, 0.6) is 17.2 Å². The van der Waals surface area contributed by atoms with Gasteiger partial charge in [-0.2, -0.15) is 0 Å². The first-order chi connectivity index (χ1) is 13.2. The number of amides is 1. The summed E-state index contributed by atoms with van der Waals surface area (Å²) in [7, 11) is 4.84. The average molecular weight is 371 g/mol. The maximum atomic E-state index is 12.8. The highest BCUT2D eigenvalue weighted by atomic mass is 16.5. The highest BCUT2D eigenvalue weighted by Gasteiger charge is 2.34. The van der Waals surface area contributed by atoms with Gasteiger partial charge < -0.3 is 19.5 Å². The summed E-state index contributed by atoms with van der Waals surface area (Å²) in [5, 5.41) is 3.01. The standard InChI is InChI=1S/C20H25N3O4/c1-25-15-6-4-5-13(9-15)19-17(12-22-23-19)20(24)21-11-14-7-8-16(26-2)10-18(14)27-3/h4-10,17,19,22-23H,11-12H2,1-3H3,(H,21,24). The molecule has 0 aromatic heterocycles. The molecule has 1 aliphatic heterocycles. The lowest BCUT2D eigenvalue weighted by molar-refractivity contribution is -0.125. The molecule has 27 heavy (non-hydrogen) atoms. The average Bonchev–Trinajstić information content (AvgIpc) is 3.22. The molecule has 0 bridgehead atoms. The van der Waals surface area contributed by atoms with Crippen molar-refractivity contribution in [1.82, 2.24) is 16.2 Å². The Labute approximate surface area is 159 Å². The third kappa shape index (κ3) is 4.32.